The van der Waals surface area contributed by atoms with E-state index >= 15 is 0 Å². The van der Waals surface area contributed by atoms with Gasteiger partial charge in [0.25, 0.3) is 0 Å². The van der Waals surface area contributed by atoms with E-state index in [1.165, 1.54) is 12.1 Å². The van der Waals surface area contributed by atoms with Gasteiger partial charge in [-0.25, -0.2) is 9.37 Å². The van der Waals surface area contributed by atoms with Crippen LogP contribution in [0.5, 0.6) is 5.75 Å². The SMILES string of the molecule is COc1ccc(-n2c(C(C)Cl)nc3cc(F)ccc32)cc1. The Labute approximate surface area is 126 Å². The van der Waals surface area contributed by atoms with Gasteiger partial charge in [0, 0.05) is 11.8 Å². The lowest BCUT2D eigenvalue weighted by atomic mass is 10.2. The zero-order valence-corrected chi connectivity index (χ0v) is 12.4. The average Bonchev–Trinajstić information content (AvgIpc) is 2.86. The Hall–Kier alpha value is -2.07. The van der Waals surface area contributed by atoms with Gasteiger partial charge >= 0.3 is 0 Å². The summed E-state index contributed by atoms with van der Waals surface area (Å²) < 4.78 is 20.5. The van der Waals surface area contributed by atoms with Crippen LogP contribution in [-0.2, 0) is 0 Å². The second-order valence-electron chi connectivity index (χ2n) is 4.75. The van der Waals surface area contributed by atoms with Crippen LogP contribution in [0.3, 0.4) is 0 Å². The highest BCUT2D eigenvalue weighted by Gasteiger charge is 2.16. The molecule has 0 N–H and O–H groups in total. The summed E-state index contributed by atoms with van der Waals surface area (Å²) in [6.45, 7) is 1.85. The summed E-state index contributed by atoms with van der Waals surface area (Å²) in [5.41, 5.74) is 2.32. The van der Waals surface area contributed by atoms with Crippen LogP contribution in [0.15, 0.2) is 42.5 Å². The second kappa shape index (κ2) is 5.37. The highest BCUT2D eigenvalue weighted by molar-refractivity contribution is 6.20. The van der Waals surface area contributed by atoms with Gasteiger partial charge in [0.2, 0.25) is 0 Å². The normalized spacial score (nSPS) is 12.6. The van der Waals surface area contributed by atoms with Gasteiger partial charge in [-0.15, -0.1) is 11.6 Å². The second-order valence-corrected chi connectivity index (χ2v) is 5.41. The lowest BCUT2D eigenvalue weighted by Gasteiger charge is -2.11. The molecule has 0 amide bonds. The smallest absolute Gasteiger partial charge is 0.132 e. The molecule has 0 aliphatic carbocycles. The first-order chi connectivity index (χ1) is 10.1. The third-order valence-corrected chi connectivity index (χ3v) is 3.52. The minimum atomic E-state index is -0.310. The molecule has 0 saturated carbocycles. The van der Waals surface area contributed by atoms with Crippen LogP contribution in [0.2, 0.25) is 0 Å². The molecule has 108 valence electrons. The van der Waals surface area contributed by atoms with Gasteiger partial charge in [0.1, 0.15) is 17.4 Å². The molecule has 0 saturated heterocycles. The first-order valence-electron chi connectivity index (χ1n) is 6.56. The van der Waals surface area contributed by atoms with E-state index in [0.29, 0.717) is 11.3 Å². The average molecular weight is 305 g/mol. The topological polar surface area (TPSA) is 27.1 Å². The summed E-state index contributed by atoms with van der Waals surface area (Å²) >= 11 is 6.23. The van der Waals surface area contributed by atoms with Gasteiger partial charge in [0.05, 0.1) is 23.5 Å². The molecule has 3 aromatic rings. The van der Waals surface area contributed by atoms with E-state index in [2.05, 4.69) is 4.98 Å². The van der Waals surface area contributed by atoms with Crippen molar-refractivity contribution >= 4 is 22.6 Å². The molecule has 5 heteroatoms. The fourth-order valence-corrected chi connectivity index (χ4v) is 2.49. The van der Waals surface area contributed by atoms with E-state index in [1.807, 2.05) is 35.8 Å². The number of hydrogen-bond donors (Lipinski definition) is 0. The van der Waals surface area contributed by atoms with Crippen LogP contribution in [0.4, 0.5) is 4.39 Å². The van der Waals surface area contributed by atoms with Crippen molar-refractivity contribution in [1.29, 1.82) is 0 Å². The highest BCUT2D eigenvalue weighted by atomic mass is 35.5. The molecule has 0 radical (unpaired) electrons. The third-order valence-electron chi connectivity index (χ3n) is 3.33. The maximum Gasteiger partial charge on any atom is 0.132 e. The molecule has 0 spiro atoms. The Balaban J connectivity index is 2.25. The molecular weight excluding hydrogens is 291 g/mol. The predicted molar refractivity (Wildman–Crippen MR) is 81.8 cm³/mol. The van der Waals surface area contributed by atoms with Crippen LogP contribution >= 0.6 is 11.6 Å². The fraction of sp³-hybridized carbons (Fsp3) is 0.188. The van der Waals surface area contributed by atoms with E-state index in [9.17, 15) is 4.39 Å². The summed E-state index contributed by atoms with van der Waals surface area (Å²) in [5.74, 6) is 1.15. The minimum Gasteiger partial charge on any atom is -0.497 e. The van der Waals surface area contributed by atoms with Crippen molar-refractivity contribution in [3.8, 4) is 11.4 Å². The Kier molecular flexibility index (Phi) is 3.55. The number of hydrogen-bond acceptors (Lipinski definition) is 2. The van der Waals surface area contributed by atoms with Gasteiger partial charge in [-0.05, 0) is 43.3 Å². The van der Waals surface area contributed by atoms with Crippen LogP contribution < -0.4 is 4.74 Å². The van der Waals surface area contributed by atoms with E-state index in [0.717, 1.165) is 17.0 Å². The Bertz CT molecular complexity index is 781. The summed E-state index contributed by atoms with van der Waals surface area (Å²) in [7, 11) is 1.62. The third kappa shape index (κ3) is 2.47. The molecule has 1 aromatic heterocycles. The molecular formula is C16H14ClFN2O. The molecule has 21 heavy (non-hydrogen) atoms. The number of alkyl halides is 1. The molecule has 0 aliphatic rings. The maximum absolute atomic E-state index is 13.4. The Morgan fingerprint density at radius 2 is 1.90 bits per heavy atom. The van der Waals surface area contributed by atoms with E-state index in [4.69, 9.17) is 16.3 Å². The minimum absolute atomic E-state index is 0.289. The first kappa shape index (κ1) is 13.9. The highest BCUT2D eigenvalue weighted by Crippen LogP contribution is 2.29. The molecule has 3 nitrogen and oxygen atoms in total. The van der Waals surface area contributed by atoms with Crippen molar-refractivity contribution in [1.82, 2.24) is 9.55 Å². The van der Waals surface area contributed by atoms with Gasteiger partial charge in [-0.2, -0.15) is 0 Å². The number of nitrogens with zero attached hydrogens (tertiary/aromatic N) is 2. The van der Waals surface area contributed by atoms with Crippen LogP contribution in [0, 0.1) is 5.82 Å². The largest absolute Gasteiger partial charge is 0.497 e. The van der Waals surface area contributed by atoms with Crippen molar-refractivity contribution in [2.24, 2.45) is 0 Å². The van der Waals surface area contributed by atoms with Crippen molar-refractivity contribution in [3.63, 3.8) is 0 Å². The van der Waals surface area contributed by atoms with E-state index in [-0.39, 0.29) is 11.2 Å². The number of fused-ring (bicyclic) bond motifs is 1. The molecule has 3 rings (SSSR count). The van der Waals surface area contributed by atoms with Crippen molar-refractivity contribution in [3.05, 3.63) is 54.1 Å². The number of halogens is 2. The maximum atomic E-state index is 13.4. The van der Waals surface area contributed by atoms with Crippen LogP contribution in [0.25, 0.3) is 16.7 Å². The van der Waals surface area contributed by atoms with Crippen LogP contribution in [-0.4, -0.2) is 16.7 Å². The van der Waals surface area contributed by atoms with Gasteiger partial charge in [-0.3, -0.25) is 4.57 Å². The molecule has 0 fully saturated rings. The van der Waals surface area contributed by atoms with Crippen molar-refractivity contribution in [2.75, 3.05) is 7.11 Å². The number of aromatic nitrogens is 2. The molecule has 1 unspecified atom stereocenters. The van der Waals surface area contributed by atoms with Crippen LogP contribution in [0.1, 0.15) is 18.1 Å². The monoisotopic (exact) mass is 304 g/mol. The molecule has 0 bridgehead atoms. The standard InChI is InChI=1S/C16H14ClFN2O/c1-10(17)16-19-14-9-11(18)3-8-15(14)20(16)12-4-6-13(21-2)7-5-12/h3-10H,1-2H3. The van der Waals surface area contributed by atoms with E-state index < -0.39 is 0 Å². The number of imidazole rings is 1. The summed E-state index contributed by atoms with van der Waals surface area (Å²) in [5, 5.41) is -0.289. The number of benzene rings is 2. The Morgan fingerprint density at radius 3 is 2.52 bits per heavy atom. The number of ether oxygens (including phenoxy) is 1. The molecule has 1 heterocycles. The molecule has 1 atom stereocenters. The lowest BCUT2D eigenvalue weighted by Crippen LogP contribution is -2.01. The first-order valence-corrected chi connectivity index (χ1v) is 7.00. The fourth-order valence-electron chi connectivity index (χ4n) is 2.34. The van der Waals surface area contributed by atoms with Crippen molar-refractivity contribution < 1.29 is 9.13 Å². The van der Waals surface area contributed by atoms with Gasteiger partial charge in [0.15, 0.2) is 0 Å². The number of rotatable bonds is 3. The lowest BCUT2D eigenvalue weighted by molar-refractivity contribution is 0.414. The Morgan fingerprint density at radius 1 is 1.19 bits per heavy atom. The number of methoxy groups -OCH3 is 1. The zero-order valence-electron chi connectivity index (χ0n) is 11.7. The predicted octanol–water partition coefficient (Wildman–Crippen LogP) is 4.47. The van der Waals surface area contributed by atoms with Gasteiger partial charge in [-0.1, -0.05) is 0 Å². The molecule has 0 aliphatic heterocycles. The summed E-state index contributed by atoms with van der Waals surface area (Å²) in [6.07, 6.45) is 0. The molecule has 2 aromatic carbocycles. The van der Waals surface area contributed by atoms with Gasteiger partial charge < -0.3 is 4.74 Å². The van der Waals surface area contributed by atoms with Crippen molar-refractivity contribution in [2.45, 2.75) is 12.3 Å². The summed E-state index contributed by atoms with van der Waals surface area (Å²) in [6, 6.07) is 12.1. The zero-order chi connectivity index (χ0) is 15.0. The van der Waals surface area contributed by atoms with E-state index in [1.54, 1.807) is 13.2 Å². The quantitative estimate of drug-likeness (QED) is 0.667. The summed E-state index contributed by atoms with van der Waals surface area (Å²) in [4.78, 5) is 4.45.